The van der Waals surface area contributed by atoms with Crippen molar-refractivity contribution in [1.29, 1.82) is 0 Å². The van der Waals surface area contributed by atoms with E-state index in [4.69, 9.17) is 0 Å². The van der Waals surface area contributed by atoms with Crippen molar-refractivity contribution in [1.82, 2.24) is 0 Å². The molecule has 0 aliphatic carbocycles. The highest BCUT2D eigenvalue weighted by molar-refractivity contribution is 7.14. The smallest absolute Gasteiger partial charge is 0.265 e. The highest BCUT2D eigenvalue weighted by Gasteiger charge is 2.11. The van der Waals surface area contributed by atoms with Crippen LogP contribution in [0.1, 0.15) is 39.5 Å². The van der Waals surface area contributed by atoms with Crippen molar-refractivity contribution in [2.45, 2.75) is 33.6 Å². The molecule has 0 aliphatic rings. The van der Waals surface area contributed by atoms with Gasteiger partial charge in [0.2, 0.25) is 0 Å². The Labute approximate surface area is 118 Å². The monoisotopic (exact) mass is 273 g/mol. The molecule has 0 atom stereocenters. The van der Waals surface area contributed by atoms with Crippen LogP contribution in [-0.2, 0) is 12.8 Å². The first-order valence-corrected chi connectivity index (χ1v) is 7.45. The van der Waals surface area contributed by atoms with Crippen molar-refractivity contribution in [2.75, 3.05) is 5.32 Å². The number of anilines is 1. The van der Waals surface area contributed by atoms with E-state index in [2.05, 4.69) is 32.2 Å². The molecule has 1 amide bonds. The lowest BCUT2D eigenvalue weighted by Gasteiger charge is -2.05. The van der Waals surface area contributed by atoms with Crippen molar-refractivity contribution in [3.05, 3.63) is 51.2 Å². The lowest BCUT2D eigenvalue weighted by Crippen LogP contribution is -2.10. The summed E-state index contributed by atoms with van der Waals surface area (Å²) in [5.74, 6) is -0.0129. The summed E-state index contributed by atoms with van der Waals surface area (Å²) in [6.07, 6.45) is 1.96. The van der Waals surface area contributed by atoms with Crippen LogP contribution in [0.15, 0.2) is 30.3 Å². The minimum atomic E-state index is -0.0129. The Morgan fingerprint density at radius 1 is 1.21 bits per heavy atom. The van der Waals surface area contributed by atoms with Gasteiger partial charge in [0, 0.05) is 10.6 Å². The van der Waals surface area contributed by atoms with Crippen LogP contribution in [0.4, 0.5) is 5.69 Å². The fraction of sp³-hybridized carbons (Fsp3) is 0.312. The van der Waals surface area contributed by atoms with E-state index in [-0.39, 0.29) is 5.91 Å². The van der Waals surface area contributed by atoms with Gasteiger partial charge in [-0.1, -0.05) is 26.0 Å². The molecule has 0 radical (unpaired) electrons. The van der Waals surface area contributed by atoms with Crippen LogP contribution in [0.3, 0.4) is 0 Å². The zero-order valence-corrected chi connectivity index (χ0v) is 12.4. The summed E-state index contributed by atoms with van der Waals surface area (Å²) in [5, 5.41) is 2.97. The summed E-state index contributed by atoms with van der Waals surface area (Å²) in [6.45, 7) is 6.28. The molecule has 3 heteroatoms. The summed E-state index contributed by atoms with van der Waals surface area (Å²) in [5.41, 5.74) is 3.31. The van der Waals surface area contributed by atoms with Gasteiger partial charge in [-0.15, -0.1) is 11.3 Å². The van der Waals surface area contributed by atoms with Crippen LogP contribution in [-0.4, -0.2) is 5.91 Å². The third-order valence-electron chi connectivity index (χ3n) is 3.16. The Morgan fingerprint density at radius 3 is 2.63 bits per heavy atom. The zero-order valence-electron chi connectivity index (χ0n) is 11.6. The maximum absolute atomic E-state index is 12.2. The van der Waals surface area contributed by atoms with Gasteiger partial charge in [0.05, 0.1) is 4.88 Å². The molecule has 1 aromatic heterocycles. The number of hydrogen-bond acceptors (Lipinski definition) is 2. The first-order valence-electron chi connectivity index (χ1n) is 6.63. The molecule has 100 valence electrons. The number of amides is 1. The number of aryl methyl sites for hydroxylation is 3. The van der Waals surface area contributed by atoms with E-state index in [1.165, 1.54) is 16.0 Å². The standard InChI is InChI=1S/C16H19NOS/c1-4-12-7-6-8-13(10-12)17-16(18)15-9-11(3)14(5-2)19-15/h6-10H,4-5H2,1-3H3,(H,17,18). The second kappa shape index (κ2) is 6.02. The second-order valence-corrected chi connectivity index (χ2v) is 5.72. The van der Waals surface area contributed by atoms with Crippen molar-refractivity contribution in [3.63, 3.8) is 0 Å². The van der Waals surface area contributed by atoms with Crippen LogP contribution in [0.2, 0.25) is 0 Å². The summed E-state index contributed by atoms with van der Waals surface area (Å²) < 4.78 is 0. The Balaban J connectivity index is 2.15. The van der Waals surface area contributed by atoms with Gasteiger partial charge in [0.25, 0.3) is 5.91 Å². The summed E-state index contributed by atoms with van der Waals surface area (Å²) >= 11 is 1.58. The van der Waals surface area contributed by atoms with Crippen LogP contribution < -0.4 is 5.32 Å². The fourth-order valence-electron chi connectivity index (χ4n) is 2.04. The van der Waals surface area contributed by atoms with Gasteiger partial charge in [0.15, 0.2) is 0 Å². The van der Waals surface area contributed by atoms with Crippen molar-refractivity contribution in [2.24, 2.45) is 0 Å². The van der Waals surface area contributed by atoms with E-state index >= 15 is 0 Å². The largest absolute Gasteiger partial charge is 0.321 e. The van der Waals surface area contributed by atoms with Crippen LogP contribution in [0, 0.1) is 6.92 Å². The lowest BCUT2D eigenvalue weighted by molar-refractivity contribution is 0.103. The van der Waals surface area contributed by atoms with E-state index in [1.54, 1.807) is 11.3 Å². The average Bonchev–Trinajstić information content (AvgIpc) is 2.80. The molecule has 1 aromatic carbocycles. The summed E-state index contributed by atoms with van der Waals surface area (Å²) in [4.78, 5) is 14.3. The number of rotatable bonds is 4. The van der Waals surface area contributed by atoms with Gasteiger partial charge in [-0.2, -0.15) is 0 Å². The predicted molar refractivity (Wildman–Crippen MR) is 82.2 cm³/mol. The third-order valence-corrected chi connectivity index (χ3v) is 4.54. The van der Waals surface area contributed by atoms with Crippen LogP contribution in [0.5, 0.6) is 0 Å². The first-order chi connectivity index (χ1) is 9.13. The predicted octanol–water partition coefficient (Wildman–Crippen LogP) is 4.43. The molecule has 0 spiro atoms. The quantitative estimate of drug-likeness (QED) is 0.877. The third kappa shape index (κ3) is 3.24. The van der Waals surface area contributed by atoms with Crippen molar-refractivity contribution < 1.29 is 4.79 Å². The first kappa shape index (κ1) is 13.8. The SMILES string of the molecule is CCc1cccc(NC(=O)c2cc(C)c(CC)s2)c1. The lowest BCUT2D eigenvalue weighted by atomic mass is 10.1. The number of nitrogens with one attached hydrogen (secondary N) is 1. The van der Waals surface area contributed by atoms with Crippen molar-refractivity contribution >= 4 is 22.9 Å². The molecule has 2 aromatic rings. The molecule has 0 fully saturated rings. The Bertz CT molecular complexity index is 586. The molecule has 0 unspecified atom stereocenters. The minimum Gasteiger partial charge on any atom is -0.321 e. The molecular weight excluding hydrogens is 254 g/mol. The number of carbonyl (C=O) groups excluding carboxylic acids is 1. The van der Waals surface area contributed by atoms with E-state index in [9.17, 15) is 4.79 Å². The zero-order chi connectivity index (χ0) is 13.8. The molecule has 0 saturated heterocycles. The molecule has 1 N–H and O–H groups in total. The molecule has 2 rings (SSSR count). The van der Waals surface area contributed by atoms with Gasteiger partial charge >= 0.3 is 0 Å². The molecule has 19 heavy (non-hydrogen) atoms. The highest BCUT2D eigenvalue weighted by Crippen LogP contribution is 2.23. The van der Waals surface area contributed by atoms with E-state index in [0.29, 0.717) is 0 Å². The van der Waals surface area contributed by atoms with Gasteiger partial charge in [-0.3, -0.25) is 4.79 Å². The molecule has 0 aliphatic heterocycles. The van der Waals surface area contributed by atoms with Gasteiger partial charge in [-0.05, 0) is 49.1 Å². The highest BCUT2D eigenvalue weighted by atomic mass is 32.1. The number of carbonyl (C=O) groups is 1. The molecule has 2 nitrogen and oxygen atoms in total. The Hall–Kier alpha value is -1.61. The molecule has 0 saturated carbocycles. The minimum absolute atomic E-state index is 0.0129. The Morgan fingerprint density at radius 2 is 2.00 bits per heavy atom. The van der Waals surface area contributed by atoms with E-state index in [0.717, 1.165) is 23.4 Å². The normalized spacial score (nSPS) is 10.5. The number of hydrogen-bond donors (Lipinski definition) is 1. The Kier molecular flexibility index (Phi) is 4.38. The van der Waals surface area contributed by atoms with Gasteiger partial charge < -0.3 is 5.32 Å². The topological polar surface area (TPSA) is 29.1 Å². The van der Waals surface area contributed by atoms with Crippen molar-refractivity contribution in [3.8, 4) is 0 Å². The fourth-order valence-corrected chi connectivity index (χ4v) is 3.05. The second-order valence-electron chi connectivity index (χ2n) is 4.58. The van der Waals surface area contributed by atoms with Gasteiger partial charge in [-0.25, -0.2) is 0 Å². The summed E-state index contributed by atoms with van der Waals surface area (Å²) in [6, 6.07) is 9.98. The average molecular weight is 273 g/mol. The van der Waals surface area contributed by atoms with Crippen LogP contribution in [0.25, 0.3) is 0 Å². The number of thiophene rings is 1. The maximum Gasteiger partial charge on any atom is 0.265 e. The molecular formula is C16H19NOS. The maximum atomic E-state index is 12.2. The van der Waals surface area contributed by atoms with Gasteiger partial charge in [0.1, 0.15) is 0 Å². The number of benzene rings is 1. The van der Waals surface area contributed by atoms with Crippen LogP contribution >= 0.6 is 11.3 Å². The van der Waals surface area contributed by atoms with E-state index in [1.807, 2.05) is 24.3 Å². The van der Waals surface area contributed by atoms with E-state index < -0.39 is 0 Å². The molecule has 1 heterocycles. The molecule has 0 bridgehead atoms. The summed E-state index contributed by atoms with van der Waals surface area (Å²) in [7, 11) is 0.